The number of aromatic nitrogens is 2. The number of fused-ring (bicyclic) bond motifs is 1. The maximum atomic E-state index is 12.6. The summed E-state index contributed by atoms with van der Waals surface area (Å²) in [6.45, 7) is 4.27. The zero-order valence-electron chi connectivity index (χ0n) is 16.3. The van der Waals surface area contributed by atoms with E-state index >= 15 is 0 Å². The van der Waals surface area contributed by atoms with E-state index in [0.29, 0.717) is 16.1 Å². The lowest BCUT2D eigenvalue weighted by molar-refractivity contribution is -0.112. The molecular weight excluding hydrogens is 406 g/mol. The second-order valence-corrected chi connectivity index (χ2v) is 8.73. The minimum absolute atomic E-state index is 0.00368. The number of carbonyl (C=O) groups is 1. The number of carbonyl (C=O) groups excluding carboxylic acids is 1. The number of halogens is 1. The molecular formula is C22H20ClN3O2S. The van der Waals surface area contributed by atoms with Crippen LogP contribution in [0.4, 0.5) is 5.69 Å². The molecule has 0 amide bonds. The van der Waals surface area contributed by atoms with Gasteiger partial charge in [0.25, 0.3) is 5.22 Å². The molecule has 29 heavy (non-hydrogen) atoms. The maximum absolute atomic E-state index is 12.6. The predicted molar refractivity (Wildman–Crippen MR) is 116 cm³/mol. The molecule has 2 heterocycles. The molecule has 0 atom stereocenters. The summed E-state index contributed by atoms with van der Waals surface area (Å²) >= 11 is 7.14. The Bertz CT molecular complexity index is 1090. The topological polar surface area (TPSA) is 59.2 Å². The van der Waals surface area contributed by atoms with Crippen LogP contribution in [0.2, 0.25) is 5.02 Å². The Hall–Kier alpha value is -2.57. The Morgan fingerprint density at radius 1 is 1.17 bits per heavy atom. The molecule has 1 aliphatic rings. The van der Waals surface area contributed by atoms with Crippen LogP contribution in [-0.4, -0.2) is 28.8 Å². The van der Waals surface area contributed by atoms with Crippen molar-refractivity contribution < 1.29 is 9.21 Å². The van der Waals surface area contributed by atoms with E-state index in [2.05, 4.69) is 41.1 Å². The Morgan fingerprint density at radius 2 is 1.90 bits per heavy atom. The van der Waals surface area contributed by atoms with Gasteiger partial charge in [-0.2, -0.15) is 0 Å². The summed E-state index contributed by atoms with van der Waals surface area (Å²) in [5, 5.41) is 9.08. The lowest BCUT2D eigenvalue weighted by Crippen LogP contribution is -2.24. The highest BCUT2D eigenvalue weighted by molar-refractivity contribution is 7.99. The molecule has 1 aliphatic heterocycles. The fraction of sp³-hybridized carbons (Fsp3) is 0.227. The second kappa shape index (κ2) is 7.69. The minimum atomic E-state index is -0.224. The number of hydrogen-bond acceptors (Lipinski definition) is 6. The van der Waals surface area contributed by atoms with E-state index in [0.717, 1.165) is 16.9 Å². The van der Waals surface area contributed by atoms with Gasteiger partial charge in [0.2, 0.25) is 5.89 Å². The first-order valence-electron chi connectivity index (χ1n) is 9.17. The maximum Gasteiger partial charge on any atom is 0.277 e. The van der Waals surface area contributed by atoms with Gasteiger partial charge in [-0.15, -0.1) is 10.2 Å². The number of allylic oxidation sites excluding steroid dienone is 2. The van der Waals surface area contributed by atoms with Crippen LogP contribution < -0.4 is 4.90 Å². The van der Waals surface area contributed by atoms with E-state index in [-0.39, 0.29) is 17.0 Å². The van der Waals surface area contributed by atoms with E-state index in [1.165, 1.54) is 17.3 Å². The molecule has 0 saturated heterocycles. The van der Waals surface area contributed by atoms with Gasteiger partial charge >= 0.3 is 0 Å². The predicted octanol–water partition coefficient (Wildman–Crippen LogP) is 5.36. The number of likely N-dealkylation sites (N-methyl/N-ethyl adjacent to an activating group) is 1. The molecule has 0 bridgehead atoms. The van der Waals surface area contributed by atoms with Crippen LogP contribution in [0.15, 0.2) is 69.9 Å². The van der Waals surface area contributed by atoms with Gasteiger partial charge in [-0.3, -0.25) is 4.79 Å². The zero-order valence-corrected chi connectivity index (χ0v) is 17.9. The lowest BCUT2D eigenvalue weighted by Gasteiger charge is -2.23. The van der Waals surface area contributed by atoms with Gasteiger partial charge in [0, 0.05) is 40.5 Å². The molecule has 1 aromatic heterocycles. The van der Waals surface area contributed by atoms with Gasteiger partial charge in [0.15, 0.2) is 5.78 Å². The van der Waals surface area contributed by atoms with E-state index in [1.807, 2.05) is 31.3 Å². The van der Waals surface area contributed by atoms with Crippen LogP contribution >= 0.6 is 23.4 Å². The molecule has 0 aliphatic carbocycles. The van der Waals surface area contributed by atoms with Crippen molar-refractivity contribution in [3.05, 3.63) is 70.9 Å². The summed E-state index contributed by atoms with van der Waals surface area (Å²) < 4.78 is 5.66. The first-order valence-corrected chi connectivity index (χ1v) is 10.5. The van der Waals surface area contributed by atoms with Gasteiger partial charge < -0.3 is 9.32 Å². The highest BCUT2D eigenvalue weighted by atomic mass is 35.5. The summed E-state index contributed by atoms with van der Waals surface area (Å²) in [5.74, 6) is 0.637. The first kappa shape index (κ1) is 19.7. The highest BCUT2D eigenvalue weighted by Gasteiger charge is 2.38. The number of nitrogens with zero attached hydrogens (tertiary/aromatic N) is 3. The van der Waals surface area contributed by atoms with Crippen LogP contribution in [0.3, 0.4) is 0 Å². The number of ketones is 1. The molecule has 5 nitrogen and oxygen atoms in total. The third-order valence-corrected chi connectivity index (χ3v) is 6.17. The van der Waals surface area contributed by atoms with Crippen molar-refractivity contribution in [2.45, 2.75) is 24.5 Å². The number of benzene rings is 2. The van der Waals surface area contributed by atoms with Crippen LogP contribution in [0.5, 0.6) is 0 Å². The SMILES string of the molecule is CN1/C(=C\C(=O)CSc2nnc(-c3ccc(Cl)cc3)o2)C(C)(C)c2ccccc21. The fourth-order valence-corrected chi connectivity index (χ4v) is 4.27. The number of anilines is 1. The average Bonchev–Trinajstić information content (AvgIpc) is 3.25. The summed E-state index contributed by atoms with van der Waals surface area (Å²) in [5.41, 5.74) is 3.90. The Labute approximate surface area is 178 Å². The molecule has 0 spiro atoms. The standard InChI is InChI=1S/C22H20ClN3O2S/c1-22(2)17-6-4-5-7-18(17)26(3)19(22)12-16(27)13-29-21-25-24-20(28-21)14-8-10-15(23)11-9-14/h4-12H,13H2,1-3H3/b19-12-. The second-order valence-electron chi connectivity index (χ2n) is 7.37. The molecule has 3 aromatic rings. The molecule has 4 rings (SSSR count). The molecule has 0 saturated carbocycles. The van der Waals surface area contributed by atoms with E-state index in [1.54, 1.807) is 18.2 Å². The zero-order chi connectivity index (χ0) is 20.6. The van der Waals surface area contributed by atoms with Crippen molar-refractivity contribution in [1.29, 1.82) is 0 Å². The number of rotatable bonds is 5. The van der Waals surface area contributed by atoms with Crippen molar-refractivity contribution in [3.63, 3.8) is 0 Å². The van der Waals surface area contributed by atoms with Crippen molar-refractivity contribution in [2.24, 2.45) is 0 Å². The monoisotopic (exact) mass is 425 g/mol. The molecule has 0 fully saturated rings. The van der Waals surface area contributed by atoms with Crippen molar-refractivity contribution in [3.8, 4) is 11.5 Å². The molecule has 0 unspecified atom stereocenters. The van der Waals surface area contributed by atoms with Crippen LogP contribution in [0.25, 0.3) is 11.5 Å². The van der Waals surface area contributed by atoms with E-state index in [9.17, 15) is 4.79 Å². The van der Waals surface area contributed by atoms with E-state index in [4.69, 9.17) is 16.0 Å². The normalized spacial score (nSPS) is 16.3. The van der Waals surface area contributed by atoms with Crippen molar-refractivity contribution in [1.82, 2.24) is 10.2 Å². The smallest absolute Gasteiger partial charge is 0.277 e. The molecule has 0 N–H and O–H groups in total. The third kappa shape index (κ3) is 3.82. The average molecular weight is 426 g/mol. The van der Waals surface area contributed by atoms with Gasteiger partial charge in [-0.25, -0.2) is 0 Å². The van der Waals surface area contributed by atoms with E-state index < -0.39 is 0 Å². The molecule has 0 radical (unpaired) electrons. The summed E-state index contributed by atoms with van der Waals surface area (Å²) in [4.78, 5) is 14.7. The molecule has 7 heteroatoms. The Kier molecular flexibility index (Phi) is 5.23. The third-order valence-electron chi connectivity index (χ3n) is 5.07. The van der Waals surface area contributed by atoms with Crippen molar-refractivity contribution in [2.75, 3.05) is 17.7 Å². The lowest BCUT2D eigenvalue weighted by atomic mass is 9.83. The molecule has 2 aromatic carbocycles. The minimum Gasteiger partial charge on any atom is -0.411 e. The van der Waals surface area contributed by atoms with Crippen LogP contribution in [0, 0.1) is 0 Å². The number of thioether (sulfide) groups is 1. The van der Waals surface area contributed by atoms with Gasteiger partial charge in [-0.05, 0) is 35.9 Å². The summed E-state index contributed by atoms with van der Waals surface area (Å²) in [6.07, 6.45) is 1.73. The summed E-state index contributed by atoms with van der Waals surface area (Å²) in [7, 11) is 2.00. The Morgan fingerprint density at radius 3 is 2.62 bits per heavy atom. The highest BCUT2D eigenvalue weighted by Crippen LogP contribution is 2.46. The van der Waals surface area contributed by atoms with Crippen LogP contribution in [-0.2, 0) is 10.2 Å². The van der Waals surface area contributed by atoms with Crippen molar-refractivity contribution >= 4 is 34.8 Å². The van der Waals surface area contributed by atoms with Gasteiger partial charge in [0.1, 0.15) is 0 Å². The fourth-order valence-electron chi connectivity index (χ4n) is 3.56. The first-order chi connectivity index (χ1) is 13.9. The molecule has 148 valence electrons. The quantitative estimate of drug-likeness (QED) is 0.405. The number of para-hydroxylation sites is 1. The van der Waals surface area contributed by atoms with Crippen LogP contribution in [0.1, 0.15) is 19.4 Å². The van der Waals surface area contributed by atoms with Gasteiger partial charge in [0.05, 0.1) is 5.75 Å². The largest absolute Gasteiger partial charge is 0.411 e. The number of hydrogen-bond donors (Lipinski definition) is 0. The summed E-state index contributed by atoms with van der Waals surface area (Å²) in [6, 6.07) is 15.4. The Balaban J connectivity index is 1.45. The van der Waals surface area contributed by atoms with Gasteiger partial charge in [-0.1, -0.05) is 55.4 Å².